The lowest BCUT2D eigenvalue weighted by Crippen LogP contribution is -2.43. The molecule has 0 radical (unpaired) electrons. The average molecular weight is 310 g/mol. The van der Waals surface area contributed by atoms with Crippen molar-refractivity contribution in [3.63, 3.8) is 0 Å². The summed E-state index contributed by atoms with van der Waals surface area (Å²) in [7, 11) is 0. The SMILES string of the molecule is CC(C)(C)C(Br)C(=O)NC1(c2ccccc2)CC1. The lowest BCUT2D eigenvalue weighted by Gasteiger charge is -2.27. The number of carbonyl (C=O) groups excluding carboxylic acids is 1. The Morgan fingerprint density at radius 3 is 2.28 bits per heavy atom. The Labute approximate surface area is 117 Å². The highest BCUT2D eigenvalue weighted by atomic mass is 79.9. The molecule has 1 fully saturated rings. The van der Waals surface area contributed by atoms with E-state index in [4.69, 9.17) is 0 Å². The van der Waals surface area contributed by atoms with Gasteiger partial charge in [-0.15, -0.1) is 0 Å². The van der Waals surface area contributed by atoms with E-state index in [9.17, 15) is 4.79 Å². The maximum absolute atomic E-state index is 12.3. The molecule has 1 N–H and O–H groups in total. The van der Waals surface area contributed by atoms with Gasteiger partial charge in [0.25, 0.3) is 0 Å². The third-order valence-corrected chi connectivity index (χ3v) is 5.22. The zero-order valence-electron chi connectivity index (χ0n) is 11.2. The van der Waals surface area contributed by atoms with Crippen LogP contribution in [-0.4, -0.2) is 10.7 Å². The van der Waals surface area contributed by atoms with Crippen LogP contribution >= 0.6 is 15.9 Å². The molecule has 0 aromatic heterocycles. The number of halogens is 1. The van der Waals surface area contributed by atoms with E-state index in [1.165, 1.54) is 5.56 Å². The Morgan fingerprint density at radius 2 is 1.83 bits per heavy atom. The van der Waals surface area contributed by atoms with Gasteiger partial charge >= 0.3 is 0 Å². The molecule has 1 aliphatic rings. The molecule has 1 saturated carbocycles. The first-order valence-corrected chi connectivity index (χ1v) is 7.28. The third kappa shape index (κ3) is 2.77. The zero-order chi connectivity index (χ0) is 13.4. The normalized spacial score (nSPS) is 19.1. The van der Waals surface area contributed by atoms with Crippen LogP contribution in [0.15, 0.2) is 30.3 Å². The number of benzene rings is 1. The van der Waals surface area contributed by atoms with E-state index >= 15 is 0 Å². The number of alkyl halides is 1. The Kier molecular flexibility index (Phi) is 3.54. The fourth-order valence-electron chi connectivity index (χ4n) is 2.06. The van der Waals surface area contributed by atoms with Gasteiger partial charge in [0.2, 0.25) is 5.91 Å². The van der Waals surface area contributed by atoms with Crippen LogP contribution in [0.1, 0.15) is 39.2 Å². The van der Waals surface area contributed by atoms with Crippen molar-refractivity contribution < 1.29 is 4.79 Å². The zero-order valence-corrected chi connectivity index (χ0v) is 12.8. The van der Waals surface area contributed by atoms with Crippen LogP contribution in [0.5, 0.6) is 0 Å². The first-order chi connectivity index (χ1) is 8.35. The smallest absolute Gasteiger partial charge is 0.235 e. The number of hydrogen-bond acceptors (Lipinski definition) is 1. The minimum atomic E-state index is -0.161. The first-order valence-electron chi connectivity index (χ1n) is 6.37. The predicted molar refractivity (Wildman–Crippen MR) is 77.7 cm³/mol. The average Bonchev–Trinajstić information content (AvgIpc) is 3.09. The summed E-state index contributed by atoms with van der Waals surface area (Å²) >= 11 is 3.50. The van der Waals surface area contributed by atoms with E-state index in [0.717, 1.165) is 12.8 Å². The van der Waals surface area contributed by atoms with Gasteiger partial charge in [-0.1, -0.05) is 67.0 Å². The maximum atomic E-state index is 12.3. The highest BCUT2D eigenvalue weighted by Crippen LogP contribution is 2.45. The van der Waals surface area contributed by atoms with E-state index in [2.05, 4.69) is 54.2 Å². The minimum Gasteiger partial charge on any atom is -0.346 e. The van der Waals surface area contributed by atoms with Gasteiger partial charge in [-0.05, 0) is 23.8 Å². The Bertz CT molecular complexity index is 432. The van der Waals surface area contributed by atoms with Crippen molar-refractivity contribution in [1.29, 1.82) is 0 Å². The van der Waals surface area contributed by atoms with Crippen molar-refractivity contribution in [2.75, 3.05) is 0 Å². The Morgan fingerprint density at radius 1 is 1.28 bits per heavy atom. The molecule has 0 saturated heterocycles. The largest absolute Gasteiger partial charge is 0.346 e. The standard InChI is InChI=1S/C15H20BrNO/c1-14(2,3)12(16)13(18)17-15(9-10-15)11-7-5-4-6-8-11/h4-8,12H,9-10H2,1-3H3,(H,17,18). The monoisotopic (exact) mass is 309 g/mol. The molecule has 98 valence electrons. The number of rotatable bonds is 3. The van der Waals surface area contributed by atoms with E-state index in [1.807, 2.05) is 18.2 Å². The molecule has 1 amide bonds. The molecule has 0 heterocycles. The van der Waals surface area contributed by atoms with Crippen molar-refractivity contribution in [3.05, 3.63) is 35.9 Å². The molecule has 0 aliphatic heterocycles. The summed E-state index contributed by atoms with van der Waals surface area (Å²) in [6.45, 7) is 6.19. The number of amides is 1. The highest BCUT2D eigenvalue weighted by molar-refractivity contribution is 9.10. The van der Waals surface area contributed by atoms with Gasteiger partial charge in [0.1, 0.15) is 0 Å². The van der Waals surface area contributed by atoms with Crippen LogP contribution in [0.25, 0.3) is 0 Å². The summed E-state index contributed by atoms with van der Waals surface area (Å²) in [4.78, 5) is 12.1. The van der Waals surface area contributed by atoms with Gasteiger partial charge in [-0.2, -0.15) is 0 Å². The van der Waals surface area contributed by atoms with Gasteiger partial charge in [0.05, 0.1) is 10.4 Å². The first kappa shape index (κ1) is 13.6. The van der Waals surface area contributed by atoms with E-state index in [0.29, 0.717) is 0 Å². The topological polar surface area (TPSA) is 29.1 Å². The van der Waals surface area contributed by atoms with Crippen molar-refractivity contribution >= 4 is 21.8 Å². The fourth-order valence-corrected chi connectivity index (χ4v) is 2.17. The lowest BCUT2D eigenvalue weighted by molar-refractivity contribution is -0.123. The fraction of sp³-hybridized carbons (Fsp3) is 0.533. The second-order valence-electron chi connectivity index (χ2n) is 6.17. The second kappa shape index (κ2) is 4.69. The Balaban J connectivity index is 2.09. The summed E-state index contributed by atoms with van der Waals surface area (Å²) in [6, 6.07) is 10.2. The van der Waals surface area contributed by atoms with Gasteiger partial charge in [0, 0.05) is 0 Å². The molecule has 2 nitrogen and oxygen atoms in total. The molecule has 1 unspecified atom stereocenters. The lowest BCUT2D eigenvalue weighted by atomic mass is 9.91. The van der Waals surface area contributed by atoms with Crippen LogP contribution in [0, 0.1) is 5.41 Å². The van der Waals surface area contributed by atoms with Gasteiger partial charge in [-0.3, -0.25) is 4.79 Å². The summed E-state index contributed by atoms with van der Waals surface area (Å²) in [5.41, 5.74) is 1.03. The van der Waals surface area contributed by atoms with Crippen LogP contribution in [0.4, 0.5) is 0 Å². The summed E-state index contributed by atoms with van der Waals surface area (Å²) < 4.78 is 0. The van der Waals surface area contributed by atoms with E-state index < -0.39 is 0 Å². The number of hydrogen-bond donors (Lipinski definition) is 1. The Hall–Kier alpha value is -0.830. The number of nitrogens with one attached hydrogen (secondary N) is 1. The molecule has 18 heavy (non-hydrogen) atoms. The molecular formula is C15H20BrNO. The van der Waals surface area contributed by atoms with Gasteiger partial charge in [0.15, 0.2) is 0 Å². The van der Waals surface area contributed by atoms with Crippen molar-refractivity contribution in [3.8, 4) is 0 Å². The maximum Gasteiger partial charge on any atom is 0.235 e. The van der Waals surface area contributed by atoms with Crippen LogP contribution in [-0.2, 0) is 10.3 Å². The second-order valence-corrected chi connectivity index (χ2v) is 7.08. The van der Waals surface area contributed by atoms with Crippen molar-refractivity contribution in [2.24, 2.45) is 5.41 Å². The van der Waals surface area contributed by atoms with E-state index in [-0.39, 0.29) is 21.7 Å². The molecule has 1 aliphatic carbocycles. The van der Waals surface area contributed by atoms with Gasteiger partial charge < -0.3 is 5.32 Å². The van der Waals surface area contributed by atoms with Crippen LogP contribution in [0.3, 0.4) is 0 Å². The predicted octanol–water partition coefficient (Wildman–Crippen LogP) is 3.60. The molecule has 0 bridgehead atoms. The molecular weight excluding hydrogens is 290 g/mol. The van der Waals surface area contributed by atoms with E-state index in [1.54, 1.807) is 0 Å². The van der Waals surface area contributed by atoms with Crippen molar-refractivity contribution in [2.45, 2.75) is 44.0 Å². The molecule has 3 heteroatoms. The molecule has 1 aromatic rings. The van der Waals surface area contributed by atoms with Crippen molar-refractivity contribution in [1.82, 2.24) is 5.32 Å². The minimum absolute atomic E-state index is 0.0726. The third-order valence-electron chi connectivity index (χ3n) is 3.43. The molecule has 1 aromatic carbocycles. The van der Waals surface area contributed by atoms with Crippen LogP contribution < -0.4 is 5.32 Å². The summed E-state index contributed by atoms with van der Waals surface area (Å²) in [5, 5.41) is 3.20. The summed E-state index contributed by atoms with van der Waals surface area (Å²) in [5.74, 6) is 0.0869. The van der Waals surface area contributed by atoms with Gasteiger partial charge in [-0.25, -0.2) is 0 Å². The quantitative estimate of drug-likeness (QED) is 0.849. The summed E-state index contributed by atoms with van der Waals surface area (Å²) in [6.07, 6.45) is 2.07. The van der Waals surface area contributed by atoms with Crippen LogP contribution in [0.2, 0.25) is 0 Å². The molecule has 0 spiro atoms. The molecule has 2 rings (SSSR count). The number of carbonyl (C=O) groups is 1. The molecule has 1 atom stereocenters. The highest BCUT2D eigenvalue weighted by Gasteiger charge is 2.47.